The number of aryl methyl sites for hydroxylation is 2. The van der Waals surface area contributed by atoms with Gasteiger partial charge in [-0.3, -0.25) is 0 Å². The second-order valence-electron chi connectivity index (χ2n) is 3.92. The first-order valence-electron chi connectivity index (χ1n) is 5.91. The molecule has 1 atom stereocenters. The van der Waals surface area contributed by atoms with E-state index in [2.05, 4.69) is 39.1 Å². The Hall–Kier alpha value is -1.20. The van der Waals surface area contributed by atoms with Crippen LogP contribution in [-0.2, 0) is 6.54 Å². The first kappa shape index (κ1) is 12.3. The average Bonchev–Trinajstić information content (AvgIpc) is 2.94. The fourth-order valence-electron chi connectivity index (χ4n) is 1.86. The molecule has 5 heteroatoms. The van der Waals surface area contributed by atoms with Gasteiger partial charge in [-0.2, -0.15) is 0 Å². The van der Waals surface area contributed by atoms with Gasteiger partial charge in [0.15, 0.2) is 0 Å². The standard InChI is InChI=1S/C12H18N4S/c1-4-14-11(12-15-9(3)7-17-12)10-6-13-8-16(10)5-2/h6-8,11,14H,4-5H2,1-3H3. The van der Waals surface area contributed by atoms with Crippen LogP contribution in [0.5, 0.6) is 0 Å². The van der Waals surface area contributed by atoms with E-state index in [4.69, 9.17) is 0 Å². The molecule has 4 nitrogen and oxygen atoms in total. The van der Waals surface area contributed by atoms with Crippen molar-refractivity contribution in [2.45, 2.75) is 33.4 Å². The van der Waals surface area contributed by atoms with E-state index in [0.29, 0.717) is 0 Å². The summed E-state index contributed by atoms with van der Waals surface area (Å²) in [6, 6.07) is 0.154. The Labute approximate surface area is 106 Å². The molecular formula is C12H18N4S. The number of aromatic nitrogens is 3. The van der Waals surface area contributed by atoms with Gasteiger partial charge >= 0.3 is 0 Å². The molecule has 0 saturated heterocycles. The predicted octanol–water partition coefficient (Wildman–Crippen LogP) is 2.37. The lowest BCUT2D eigenvalue weighted by molar-refractivity contribution is 0.572. The first-order valence-corrected chi connectivity index (χ1v) is 6.79. The number of imidazole rings is 1. The van der Waals surface area contributed by atoms with Crippen LogP contribution in [-0.4, -0.2) is 21.1 Å². The lowest BCUT2D eigenvalue weighted by Crippen LogP contribution is -2.24. The number of nitrogens with zero attached hydrogens (tertiary/aromatic N) is 3. The predicted molar refractivity (Wildman–Crippen MR) is 70.3 cm³/mol. The minimum Gasteiger partial charge on any atom is -0.333 e. The number of hydrogen-bond donors (Lipinski definition) is 1. The molecule has 2 aromatic heterocycles. The minimum absolute atomic E-state index is 0.154. The van der Waals surface area contributed by atoms with Gasteiger partial charge in [0.25, 0.3) is 0 Å². The fraction of sp³-hybridized carbons (Fsp3) is 0.500. The van der Waals surface area contributed by atoms with Gasteiger partial charge in [-0.05, 0) is 20.4 Å². The molecule has 0 aromatic carbocycles. The second-order valence-corrected chi connectivity index (χ2v) is 4.81. The van der Waals surface area contributed by atoms with Crippen molar-refractivity contribution in [3.8, 4) is 0 Å². The van der Waals surface area contributed by atoms with Crippen LogP contribution in [0.2, 0.25) is 0 Å². The number of thiazole rings is 1. The summed E-state index contributed by atoms with van der Waals surface area (Å²) < 4.78 is 2.16. The lowest BCUT2D eigenvalue weighted by Gasteiger charge is -2.16. The molecule has 2 heterocycles. The Kier molecular flexibility index (Phi) is 3.91. The van der Waals surface area contributed by atoms with E-state index in [1.54, 1.807) is 11.3 Å². The van der Waals surface area contributed by atoms with Crippen LogP contribution in [0.25, 0.3) is 0 Å². The third-order valence-corrected chi connectivity index (χ3v) is 3.70. The van der Waals surface area contributed by atoms with Gasteiger partial charge in [0, 0.05) is 17.6 Å². The number of hydrogen-bond acceptors (Lipinski definition) is 4. The van der Waals surface area contributed by atoms with E-state index >= 15 is 0 Å². The molecule has 0 amide bonds. The topological polar surface area (TPSA) is 42.7 Å². The van der Waals surface area contributed by atoms with E-state index in [9.17, 15) is 0 Å². The zero-order valence-corrected chi connectivity index (χ0v) is 11.3. The highest BCUT2D eigenvalue weighted by molar-refractivity contribution is 7.09. The molecule has 2 aromatic rings. The normalized spacial score (nSPS) is 12.9. The molecule has 0 radical (unpaired) electrons. The maximum Gasteiger partial charge on any atom is 0.116 e. The lowest BCUT2D eigenvalue weighted by atomic mass is 10.2. The smallest absolute Gasteiger partial charge is 0.116 e. The van der Waals surface area contributed by atoms with Crippen LogP contribution in [0, 0.1) is 6.92 Å². The van der Waals surface area contributed by atoms with E-state index in [0.717, 1.165) is 23.8 Å². The van der Waals surface area contributed by atoms with Crippen LogP contribution < -0.4 is 5.32 Å². The van der Waals surface area contributed by atoms with Crippen molar-refractivity contribution in [1.29, 1.82) is 0 Å². The summed E-state index contributed by atoms with van der Waals surface area (Å²) in [5.41, 5.74) is 2.26. The number of nitrogens with one attached hydrogen (secondary N) is 1. The molecular weight excluding hydrogens is 232 g/mol. The summed E-state index contributed by atoms with van der Waals surface area (Å²) in [7, 11) is 0. The minimum atomic E-state index is 0.154. The Morgan fingerprint density at radius 3 is 2.88 bits per heavy atom. The van der Waals surface area contributed by atoms with Crippen molar-refractivity contribution in [2.75, 3.05) is 6.54 Å². The van der Waals surface area contributed by atoms with E-state index in [-0.39, 0.29) is 6.04 Å². The van der Waals surface area contributed by atoms with Crippen LogP contribution in [0.3, 0.4) is 0 Å². The fourth-order valence-corrected chi connectivity index (χ4v) is 2.74. The maximum absolute atomic E-state index is 4.58. The van der Waals surface area contributed by atoms with Gasteiger partial charge in [-0.15, -0.1) is 11.3 Å². The summed E-state index contributed by atoms with van der Waals surface area (Å²) in [6.07, 6.45) is 3.80. The molecule has 92 valence electrons. The second kappa shape index (κ2) is 5.42. The maximum atomic E-state index is 4.58. The zero-order chi connectivity index (χ0) is 12.3. The van der Waals surface area contributed by atoms with Crippen molar-refractivity contribution in [2.24, 2.45) is 0 Å². The van der Waals surface area contributed by atoms with Crippen molar-refractivity contribution in [3.05, 3.63) is 34.3 Å². The van der Waals surface area contributed by atoms with Crippen LogP contribution >= 0.6 is 11.3 Å². The highest BCUT2D eigenvalue weighted by atomic mass is 32.1. The molecule has 0 fully saturated rings. The molecule has 1 N–H and O–H groups in total. The third-order valence-electron chi connectivity index (χ3n) is 2.67. The van der Waals surface area contributed by atoms with E-state index < -0.39 is 0 Å². The Balaban J connectivity index is 2.35. The van der Waals surface area contributed by atoms with Gasteiger partial charge in [0.05, 0.1) is 18.2 Å². The van der Waals surface area contributed by atoms with Crippen LogP contribution in [0.15, 0.2) is 17.9 Å². The largest absolute Gasteiger partial charge is 0.333 e. The molecule has 2 rings (SSSR count). The highest BCUT2D eigenvalue weighted by Crippen LogP contribution is 2.24. The first-order chi connectivity index (χ1) is 8.26. The molecule has 1 unspecified atom stereocenters. The molecule has 0 spiro atoms. The van der Waals surface area contributed by atoms with Gasteiger partial charge in [-0.1, -0.05) is 6.92 Å². The summed E-state index contributed by atoms with van der Waals surface area (Å²) in [4.78, 5) is 8.80. The van der Waals surface area contributed by atoms with Crippen LogP contribution in [0.4, 0.5) is 0 Å². The number of rotatable bonds is 5. The summed E-state index contributed by atoms with van der Waals surface area (Å²) in [5.74, 6) is 0. The third kappa shape index (κ3) is 2.56. The van der Waals surface area contributed by atoms with E-state index in [1.165, 1.54) is 5.69 Å². The van der Waals surface area contributed by atoms with Crippen molar-refractivity contribution < 1.29 is 0 Å². The SMILES string of the molecule is CCNC(c1nc(C)cs1)c1cncn1CC. The van der Waals surface area contributed by atoms with E-state index in [1.807, 2.05) is 19.4 Å². The van der Waals surface area contributed by atoms with Crippen molar-refractivity contribution in [3.63, 3.8) is 0 Å². The van der Waals surface area contributed by atoms with Gasteiger partial charge in [-0.25, -0.2) is 9.97 Å². The summed E-state index contributed by atoms with van der Waals surface area (Å²) in [5, 5.41) is 6.68. The average molecular weight is 250 g/mol. The summed E-state index contributed by atoms with van der Waals surface area (Å²) in [6.45, 7) is 8.11. The molecule has 17 heavy (non-hydrogen) atoms. The molecule has 0 saturated carbocycles. The molecule has 0 aliphatic carbocycles. The van der Waals surface area contributed by atoms with Gasteiger partial charge in [0.2, 0.25) is 0 Å². The Morgan fingerprint density at radius 1 is 1.47 bits per heavy atom. The van der Waals surface area contributed by atoms with Crippen LogP contribution in [0.1, 0.15) is 36.3 Å². The zero-order valence-electron chi connectivity index (χ0n) is 10.5. The Bertz CT molecular complexity index is 474. The van der Waals surface area contributed by atoms with Gasteiger partial charge < -0.3 is 9.88 Å². The monoisotopic (exact) mass is 250 g/mol. The quantitative estimate of drug-likeness (QED) is 0.886. The summed E-state index contributed by atoms with van der Waals surface area (Å²) >= 11 is 1.70. The molecule has 0 bridgehead atoms. The highest BCUT2D eigenvalue weighted by Gasteiger charge is 2.19. The van der Waals surface area contributed by atoms with Crippen molar-refractivity contribution >= 4 is 11.3 Å². The van der Waals surface area contributed by atoms with Crippen molar-refractivity contribution in [1.82, 2.24) is 19.9 Å². The van der Waals surface area contributed by atoms with Gasteiger partial charge in [0.1, 0.15) is 11.0 Å². The molecule has 0 aliphatic rings. The molecule has 0 aliphatic heterocycles. The Morgan fingerprint density at radius 2 is 2.29 bits per heavy atom.